The number of benzene rings is 1. The average molecular weight is 232 g/mol. The van der Waals surface area contributed by atoms with Gasteiger partial charge in [0.05, 0.1) is 5.01 Å². The molecule has 0 aliphatic carbocycles. The van der Waals surface area contributed by atoms with Crippen LogP contribution in [-0.4, -0.2) is 12.0 Å². The Bertz CT molecular complexity index is 437. The molecule has 1 atom stereocenters. The van der Waals surface area contributed by atoms with Crippen LogP contribution in [0.5, 0.6) is 0 Å². The van der Waals surface area contributed by atoms with Crippen molar-refractivity contribution in [3.8, 4) is 0 Å². The predicted octanol–water partition coefficient (Wildman–Crippen LogP) is 3.01. The fraction of sp³-hybridized carbons (Fsp3) is 0.308. The summed E-state index contributed by atoms with van der Waals surface area (Å²) < 4.78 is 0. The predicted molar refractivity (Wildman–Crippen MR) is 68.8 cm³/mol. The van der Waals surface area contributed by atoms with E-state index in [0.717, 1.165) is 6.42 Å². The maximum Gasteiger partial charge on any atom is 0.0968 e. The Kier molecular flexibility index (Phi) is 3.70. The summed E-state index contributed by atoms with van der Waals surface area (Å²) in [6, 6.07) is 9.09. The Morgan fingerprint density at radius 2 is 2.31 bits per heavy atom. The van der Waals surface area contributed by atoms with E-state index in [9.17, 15) is 0 Å². The van der Waals surface area contributed by atoms with Crippen LogP contribution in [0.1, 0.15) is 29.1 Å². The van der Waals surface area contributed by atoms with Gasteiger partial charge in [0.15, 0.2) is 0 Å². The molecule has 0 saturated heterocycles. The number of rotatable bonds is 4. The Balaban J connectivity index is 2.16. The third-order valence-electron chi connectivity index (χ3n) is 2.72. The van der Waals surface area contributed by atoms with Gasteiger partial charge in [0.2, 0.25) is 0 Å². The molecule has 0 aliphatic rings. The lowest BCUT2D eigenvalue weighted by atomic mass is 10.0. The van der Waals surface area contributed by atoms with Crippen LogP contribution < -0.4 is 5.32 Å². The topological polar surface area (TPSA) is 24.9 Å². The zero-order chi connectivity index (χ0) is 11.4. The van der Waals surface area contributed by atoms with Crippen molar-refractivity contribution in [2.24, 2.45) is 0 Å². The highest BCUT2D eigenvalue weighted by atomic mass is 32.1. The first-order valence-electron chi connectivity index (χ1n) is 5.44. The number of hydrogen-bond donors (Lipinski definition) is 1. The monoisotopic (exact) mass is 232 g/mol. The van der Waals surface area contributed by atoms with Gasteiger partial charge in [-0.05, 0) is 25.1 Å². The second-order valence-corrected chi connectivity index (χ2v) is 4.84. The zero-order valence-corrected chi connectivity index (χ0v) is 10.4. The molecule has 2 nitrogen and oxygen atoms in total. The molecule has 0 radical (unpaired) electrons. The third-order valence-corrected chi connectivity index (χ3v) is 3.50. The maximum absolute atomic E-state index is 4.31. The number of nitrogens with one attached hydrogen (secondary N) is 1. The van der Waals surface area contributed by atoms with Gasteiger partial charge >= 0.3 is 0 Å². The SMILES string of the molecule is CNC(C)c1cccc(Cc2nccs2)c1. The van der Waals surface area contributed by atoms with E-state index >= 15 is 0 Å². The van der Waals surface area contributed by atoms with Crippen LogP contribution in [0.2, 0.25) is 0 Å². The van der Waals surface area contributed by atoms with Gasteiger partial charge in [-0.15, -0.1) is 11.3 Å². The Morgan fingerprint density at radius 3 is 3.00 bits per heavy atom. The van der Waals surface area contributed by atoms with E-state index in [1.165, 1.54) is 16.1 Å². The molecule has 0 fully saturated rings. The third kappa shape index (κ3) is 2.68. The van der Waals surface area contributed by atoms with E-state index in [1.807, 2.05) is 18.6 Å². The van der Waals surface area contributed by atoms with Gasteiger partial charge in [-0.3, -0.25) is 0 Å². The van der Waals surface area contributed by atoms with Crippen molar-refractivity contribution in [2.75, 3.05) is 7.05 Å². The van der Waals surface area contributed by atoms with Crippen LogP contribution in [0, 0.1) is 0 Å². The van der Waals surface area contributed by atoms with Crippen molar-refractivity contribution in [3.63, 3.8) is 0 Å². The summed E-state index contributed by atoms with van der Waals surface area (Å²) in [5.41, 5.74) is 2.66. The lowest BCUT2D eigenvalue weighted by Gasteiger charge is -2.11. The van der Waals surface area contributed by atoms with Gasteiger partial charge in [0.25, 0.3) is 0 Å². The summed E-state index contributed by atoms with van der Waals surface area (Å²) >= 11 is 1.71. The highest BCUT2D eigenvalue weighted by Crippen LogP contribution is 2.17. The molecular weight excluding hydrogens is 216 g/mol. The van der Waals surface area contributed by atoms with Gasteiger partial charge in [-0.2, -0.15) is 0 Å². The standard InChI is InChI=1S/C13H16N2S/c1-10(14-2)12-5-3-4-11(8-12)9-13-15-6-7-16-13/h3-8,10,14H,9H2,1-2H3. The smallest absolute Gasteiger partial charge is 0.0968 e. The van der Waals surface area contributed by atoms with Crippen LogP contribution in [0.4, 0.5) is 0 Å². The number of nitrogens with zero attached hydrogens (tertiary/aromatic N) is 1. The minimum absolute atomic E-state index is 0.399. The van der Waals surface area contributed by atoms with Crippen LogP contribution >= 0.6 is 11.3 Å². The molecule has 2 aromatic rings. The fourth-order valence-electron chi connectivity index (χ4n) is 1.65. The molecular formula is C13H16N2S. The quantitative estimate of drug-likeness (QED) is 0.876. The Morgan fingerprint density at radius 1 is 1.44 bits per heavy atom. The highest BCUT2D eigenvalue weighted by molar-refractivity contribution is 7.09. The minimum Gasteiger partial charge on any atom is -0.313 e. The van der Waals surface area contributed by atoms with E-state index in [0.29, 0.717) is 6.04 Å². The van der Waals surface area contributed by atoms with E-state index in [1.54, 1.807) is 11.3 Å². The van der Waals surface area contributed by atoms with Gasteiger partial charge < -0.3 is 5.32 Å². The number of hydrogen-bond acceptors (Lipinski definition) is 3. The molecule has 0 saturated carbocycles. The summed E-state index contributed by atoms with van der Waals surface area (Å²) in [5.74, 6) is 0. The zero-order valence-electron chi connectivity index (χ0n) is 9.60. The molecule has 1 N–H and O–H groups in total. The molecule has 0 spiro atoms. The molecule has 0 amide bonds. The molecule has 16 heavy (non-hydrogen) atoms. The van der Waals surface area contributed by atoms with E-state index < -0.39 is 0 Å². The van der Waals surface area contributed by atoms with Crippen LogP contribution in [0.25, 0.3) is 0 Å². The van der Waals surface area contributed by atoms with Crippen molar-refractivity contribution in [2.45, 2.75) is 19.4 Å². The van der Waals surface area contributed by atoms with Crippen LogP contribution in [0.15, 0.2) is 35.8 Å². The first kappa shape index (κ1) is 11.3. The summed E-state index contributed by atoms with van der Waals surface area (Å²) in [7, 11) is 1.98. The van der Waals surface area contributed by atoms with Gasteiger partial charge in [0.1, 0.15) is 0 Å². The molecule has 0 bridgehead atoms. The van der Waals surface area contributed by atoms with Crippen molar-refractivity contribution in [1.29, 1.82) is 0 Å². The molecule has 84 valence electrons. The van der Waals surface area contributed by atoms with Crippen molar-refractivity contribution in [1.82, 2.24) is 10.3 Å². The Labute approximate surface area is 100 Å². The number of aromatic nitrogens is 1. The molecule has 1 heterocycles. The van der Waals surface area contributed by atoms with Gasteiger partial charge in [0, 0.05) is 24.0 Å². The van der Waals surface area contributed by atoms with Gasteiger partial charge in [-0.1, -0.05) is 24.3 Å². The average Bonchev–Trinajstić information content (AvgIpc) is 2.81. The van der Waals surface area contributed by atoms with E-state index in [-0.39, 0.29) is 0 Å². The second-order valence-electron chi connectivity index (χ2n) is 3.86. The number of thiazole rings is 1. The second kappa shape index (κ2) is 5.23. The highest BCUT2D eigenvalue weighted by Gasteiger charge is 2.04. The lowest BCUT2D eigenvalue weighted by molar-refractivity contribution is 0.651. The van der Waals surface area contributed by atoms with Crippen molar-refractivity contribution in [3.05, 3.63) is 52.0 Å². The van der Waals surface area contributed by atoms with Crippen molar-refractivity contribution >= 4 is 11.3 Å². The van der Waals surface area contributed by atoms with E-state index in [4.69, 9.17) is 0 Å². The molecule has 1 aromatic heterocycles. The molecule has 1 aromatic carbocycles. The first-order chi connectivity index (χ1) is 7.79. The van der Waals surface area contributed by atoms with Gasteiger partial charge in [-0.25, -0.2) is 4.98 Å². The minimum atomic E-state index is 0.399. The molecule has 0 aliphatic heterocycles. The van der Waals surface area contributed by atoms with Crippen LogP contribution in [0.3, 0.4) is 0 Å². The van der Waals surface area contributed by atoms with Crippen LogP contribution in [-0.2, 0) is 6.42 Å². The normalized spacial score (nSPS) is 12.6. The molecule has 2 rings (SSSR count). The Hall–Kier alpha value is -1.19. The first-order valence-corrected chi connectivity index (χ1v) is 6.32. The van der Waals surface area contributed by atoms with Crippen molar-refractivity contribution < 1.29 is 0 Å². The summed E-state index contributed by atoms with van der Waals surface area (Å²) in [6.07, 6.45) is 2.79. The summed E-state index contributed by atoms with van der Waals surface area (Å²) in [6.45, 7) is 2.17. The summed E-state index contributed by atoms with van der Waals surface area (Å²) in [4.78, 5) is 4.31. The van der Waals surface area contributed by atoms with E-state index in [2.05, 4.69) is 41.5 Å². The molecule has 3 heteroatoms. The molecule has 1 unspecified atom stereocenters. The summed E-state index contributed by atoms with van der Waals surface area (Å²) in [5, 5.41) is 6.45. The lowest BCUT2D eigenvalue weighted by Crippen LogP contribution is -2.12. The largest absolute Gasteiger partial charge is 0.313 e. The fourth-order valence-corrected chi connectivity index (χ4v) is 2.30. The maximum atomic E-state index is 4.31.